The molecule has 2 heterocycles. The number of rotatable bonds is 6. The molecule has 0 unspecified atom stereocenters. The van der Waals surface area contributed by atoms with Crippen LogP contribution in [0.4, 0.5) is 13.9 Å². The van der Waals surface area contributed by atoms with Gasteiger partial charge in [-0.2, -0.15) is 4.31 Å². The quantitative estimate of drug-likeness (QED) is 0.514. The third-order valence-corrected chi connectivity index (χ3v) is 8.35. The second-order valence-corrected chi connectivity index (χ2v) is 10.5. The molecule has 1 aromatic heterocycles. The van der Waals surface area contributed by atoms with Crippen LogP contribution in [-0.4, -0.2) is 36.2 Å². The van der Waals surface area contributed by atoms with Crippen molar-refractivity contribution in [3.8, 4) is 0 Å². The molecule has 1 amide bonds. The molecule has 0 radical (unpaired) electrons. The maximum absolute atomic E-state index is 13.8. The minimum Gasteiger partial charge on any atom is -0.273 e. The molecule has 0 bridgehead atoms. The number of benzene rings is 2. The first-order chi connectivity index (χ1) is 15.3. The monoisotopic (exact) mass is 480 g/mol. The normalized spacial score (nSPS) is 17.4. The Morgan fingerprint density at radius 1 is 1.22 bits per heavy atom. The van der Waals surface area contributed by atoms with E-state index in [0.717, 1.165) is 49.2 Å². The summed E-state index contributed by atoms with van der Waals surface area (Å²) < 4.78 is 55.0. The molecule has 1 aliphatic rings. The molecule has 1 fully saturated rings. The van der Waals surface area contributed by atoms with Crippen LogP contribution in [0.15, 0.2) is 41.3 Å². The molecule has 2 N–H and O–H groups in total. The average Bonchev–Trinajstić information content (AvgIpc) is 3.20. The highest BCUT2D eigenvalue weighted by Crippen LogP contribution is 2.29. The van der Waals surface area contributed by atoms with Crippen molar-refractivity contribution in [2.75, 3.05) is 12.0 Å². The largest absolute Gasteiger partial charge is 0.273 e. The van der Waals surface area contributed by atoms with Crippen molar-refractivity contribution in [2.45, 2.75) is 43.5 Å². The van der Waals surface area contributed by atoms with Gasteiger partial charge in [0.2, 0.25) is 15.2 Å². The molecule has 3 aromatic rings. The highest BCUT2D eigenvalue weighted by Gasteiger charge is 2.32. The molecule has 1 aliphatic heterocycles. The Kier molecular flexibility index (Phi) is 6.40. The number of thiazole rings is 1. The van der Waals surface area contributed by atoms with E-state index in [1.54, 1.807) is 4.31 Å². The van der Waals surface area contributed by atoms with Gasteiger partial charge in [-0.25, -0.2) is 22.2 Å². The Morgan fingerprint density at radius 3 is 2.69 bits per heavy atom. The zero-order chi connectivity index (χ0) is 22.9. The van der Waals surface area contributed by atoms with E-state index in [-0.39, 0.29) is 27.1 Å². The van der Waals surface area contributed by atoms with Crippen molar-refractivity contribution in [1.29, 1.82) is 0 Å². The summed E-state index contributed by atoms with van der Waals surface area (Å²) in [6.07, 6.45) is 3.47. The fourth-order valence-electron chi connectivity index (χ4n) is 3.81. The Morgan fingerprint density at radius 2 is 1.97 bits per heavy atom. The van der Waals surface area contributed by atoms with Crippen LogP contribution in [-0.2, 0) is 10.0 Å². The van der Waals surface area contributed by atoms with Gasteiger partial charge >= 0.3 is 0 Å². The predicted octanol–water partition coefficient (Wildman–Crippen LogP) is 4.28. The molecular formula is C21H22F2N4O3S2. The van der Waals surface area contributed by atoms with Gasteiger partial charge < -0.3 is 0 Å². The minimum absolute atomic E-state index is 0.00537. The lowest BCUT2D eigenvalue weighted by Gasteiger charge is -2.34. The number of carbonyl (C=O) groups is 1. The molecule has 1 saturated heterocycles. The van der Waals surface area contributed by atoms with Gasteiger partial charge in [-0.15, -0.1) is 0 Å². The molecule has 0 spiro atoms. The number of carbonyl (C=O) groups excluding carboxylic acids is 1. The van der Waals surface area contributed by atoms with E-state index in [2.05, 4.69) is 15.8 Å². The smallest absolute Gasteiger partial charge is 0.269 e. The lowest BCUT2D eigenvalue weighted by molar-refractivity contribution is 0.0962. The van der Waals surface area contributed by atoms with Gasteiger partial charge in [0.15, 0.2) is 5.82 Å². The predicted molar refractivity (Wildman–Crippen MR) is 119 cm³/mol. The Balaban J connectivity index is 1.45. The third kappa shape index (κ3) is 4.45. The molecule has 1 atom stereocenters. The second-order valence-electron chi connectivity index (χ2n) is 7.53. The third-order valence-electron chi connectivity index (χ3n) is 5.46. The molecule has 32 heavy (non-hydrogen) atoms. The standard InChI is InChI=1S/C21H22F2N4O3S2/c1-2-15-5-3-4-10-27(15)32(29,30)16-8-6-13(7-9-16)20(28)25-26-21-24-19-17(23)11-14(22)12-18(19)31-21/h6-9,11-12,15H,2-5,10H2,1H3,(H,24,26)(H,25,28)/t15-/m0/s1. The summed E-state index contributed by atoms with van der Waals surface area (Å²) >= 11 is 0.985. The van der Waals surface area contributed by atoms with Crippen molar-refractivity contribution in [2.24, 2.45) is 0 Å². The number of aromatic nitrogens is 1. The minimum atomic E-state index is -3.63. The number of hydrogen-bond acceptors (Lipinski definition) is 6. The Labute approximate surface area is 188 Å². The van der Waals surface area contributed by atoms with Gasteiger partial charge in [0.25, 0.3) is 5.91 Å². The summed E-state index contributed by atoms with van der Waals surface area (Å²) in [4.78, 5) is 16.6. The Hall–Kier alpha value is -2.63. The van der Waals surface area contributed by atoms with Crippen LogP contribution in [0.2, 0.25) is 0 Å². The summed E-state index contributed by atoms with van der Waals surface area (Å²) in [5.74, 6) is -2.02. The van der Waals surface area contributed by atoms with Crippen LogP contribution in [0.3, 0.4) is 0 Å². The second kappa shape index (κ2) is 9.08. The van der Waals surface area contributed by atoms with Crippen LogP contribution < -0.4 is 10.9 Å². The van der Waals surface area contributed by atoms with Gasteiger partial charge in [-0.1, -0.05) is 24.7 Å². The molecule has 11 heteroatoms. The number of fused-ring (bicyclic) bond motifs is 1. The fraction of sp³-hybridized carbons (Fsp3) is 0.333. The van der Waals surface area contributed by atoms with Crippen molar-refractivity contribution in [1.82, 2.24) is 14.7 Å². The summed E-state index contributed by atoms with van der Waals surface area (Å²) in [6.45, 7) is 2.48. The van der Waals surface area contributed by atoms with E-state index >= 15 is 0 Å². The summed E-state index contributed by atoms with van der Waals surface area (Å²) in [6, 6.07) is 7.60. The van der Waals surface area contributed by atoms with Crippen LogP contribution in [0.1, 0.15) is 43.0 Å². The number of piperidine rings is 1. The highest BCUT2D eigenvalue weighted by molar-refractivity contribution is 7.89. The van der Waals surface area contributed by atoms with Crippen molar-refractivity contribution in [3.05, 3.63) is 53.6 Å². The molecular weight excluding hydrogens is 458 g/mol. The van der Waals surface area contributed by atoms with Crippen molar-refractivity contribution < 1.29 is 22.0 Å². The number of nitrogens with zero attached hydrogens (tertiary/aromatic N) is 2. The fourth-order valence-corrected chi connectivity index (χ4v) is 6.43. The van der Waals surface area contributed by atoms with E-state index < -0.39 is 27.6 Å². The number of hydrazine groups is 1. The average molecular weight is 481 g/mol. The van der Waals surface area contributed by atoms with Crippen LogP contribution in [0.25, 0.3) is 10.2 Å². The molecule has 4 rings (SSSR count). The van der Waals surface area contributed by atoms with Crippen molar-refractivity contribution >= 4 is 42.6 Å². The van der Waals surface area contributed by atoms with Gasteiger partial charge in [-0.3, -0.25) is 15.6 Å². The number of amides is 1. The van der Waals surface area contributed by atoms with E-state index in [0.29, 0.717) is 11.2 Å². The number of sulfonamides is 1. The molecule has 2 aromatic carbocycles. The molecule has 170 valence electrons. The lowest BCUT2D eigenvalue weighted by Crippen LogP contribution is -2.43. The first-order valence-electron chi connectivity index (χ1n) is 10.2. The van der Waals surface area contributed by atoms with Gasteiger partial charge in [0, 0.05) is 24.2 Å². The highest BCUT2D eigenvalue weighted by atomic mass is 32.2. The SMILES string of the molecule is CC[C@H]1CCCCN1S(=O)(=O)c1ccc(C(=O)NNc2nc3c(F)cc(F)cc3s2)cc1. The van der Waals surface area contributed by atoms with Gasteiger partial charge in [-0.05, 0) is 49.6 Å². The first-order valence-corrected chi connectivity index (χ1v) is 12.5. The molecule has 0 saturated carbocycles. The topological polar surface area (TPSA) is 91.4 Å². The zero-order valence-electron chi connectivity index (χ0n) is 17.3. The number of nitrogens with one attached hydrogen (secondary N) is 2. The van der Waals surface area contributed by atoms with Crippen LogP contribution >= 0.6 is 11.3 Å². The number of anilines is 1. The molecule has 0 aliphatic carbocycles. The summed E-state index contributed by atoms with van der Waals surface area (Å²) in [7, 11) is -3.63. The van der Waals surface area contributed by atoms with E-state index in [4.69, 9.17) is 0 Å². The summed E-state index contributed by atoms with van der Waals surface area (Å²) in [5.41, 5.74) is 5.25. The number of halogens is 2. The maximum Gasteiger partial charge on any atom is 0.269 e. The van der Waals surface area contributed by atoms with E-state index in [1.807, 2.05) is 6.92 Å². The van der Waals surface area contributed by atoms with Crippen LogP contribution in [0, 0.1) is 11.6 Å². The lowest BCUT2D eigenvalue weighted by atomic mass is 10.0. The molecule has 7 nitrogen and oxygen atoms in total. The number of hydrogen-bond donors (Lipinski definition) is 2. The van der Waals surface area contributed by atoms with Gasteiger partial charge in [0.05, 0.1) is 9.60 Å². The van der Waals surface area contributed by atoms with E-state index in [1.165, 1.54) is 24.3 Å². The van der Waals surface area contributed by atoms with Crippen molar-refractivity contribution in [3.63, 3.8) is 0 Å². The summed E-state index contributed by atoms with van der Waals surface area (Å²) in [5, 5.41) is 0.188. The van der Waals surface area contributed by atoms with Crippen LogP contribution in [0.5, 0.6) is 0 Å². The maximum atomic E-state index is 13.8. The first kappa shape index (κ1) is 22.6. The Bertz CT molecular complexity index is 1250. The zero-order valence-corrected chi connectivity index (χ0v) is 18.9. The van der Waals surface area contributed by atoms with E-state index in [9.17, 15) is 22.0 Å². The van der Waals surface area contributed by atoms with Gasteiger partial charge in [0.1, 0.15) is 11.3 Å².